The van der Waals surface area contributed by atoms with Crippen molar-refractivity contribution >= 4 is 33.9 Å². The quantitative estimate of drug-likeness (QED) is 0.795. The van der Waals surface area contributed by atoms with Crippen molar-refractivity contribution in [2.24, 2.45) is 5.92 Å². The maximum absolute atomic E-state index is 6.22. The van der Waals surface area contributed by atoms with Crippen LogP contribution in [0.5, 0.6) is 0 Å². The summed E-state index contributed by atoms with van der Waals surface area (Å²) < 4.78 is 7.57. The normalized spacial score (nSPS) is 27.3. The van der Waals surface area contributed by atoms with Crippen molar-refractivity contribution < 1.29 is 4.74 Å². The second kappa shape index (κ2) is 5.04. The molecule has 0 amide bonds. The van der Waals surface area contributed by atoms with E-state index < -0.39 is 0 Å². The van der Waals surface area contributed by atoms with Gasteiger partial charge in [-0.3, -0.25) is 0 Å². The predicted octanol–water partition coefficient (Wildman–Crippen LogP) is 4.21. The zero-order valence-electron chi connectivity index (χ0n) is 11.7. The summed E-state index contributed by atoms with van der Waals surface area (Å²) in [5.41, 5.74) is 1.29. The molecule has 2 nitrogen and oxygen atoms in total. The lowest BCUT2D eigenvalue weighted by molar-refractivity contribution is -0.0776. The summed E-state index contributed by atoms with van der Waals surface area (Å²) in [4.78, 5) is 0. The van der Waals surface area contributed by atoms with Gasteiger partial charge in [0.15, 0.2) is 0 Å². The summed E-state index contributed by atoms with van der Waals surface area (Å²) in [7, 11) is 2.05. The Morgan fingerprint density at radius 2 is 2.11 bits per heavy atom. The Hall–Kier alpha value is 0.350. The Bertz CT molecular complexity index is 427. The summed E-state index contributed by atoms with van der Waals surface area (Å²) in [6, 6.07) is 2.66. The number of thiophene rings is 1. The average Bonchev–Trinajstić information content (AvgIpc) is 2.70. The Kier molecular flexibility index (Phi) is 4.13. The topological polar surface area (TPSA) is 21.3 Å². The first-order valence-electron chi connectivity index (χ1n) is 6.36. The lowest BCUT2D eigenvalue weighted by Crippen LogP contribution is -2.37. The Morgan fingerprint density at radius 1 is 1.44 bits per heavy atom. The number of halogens is 1. The molecule has 1 fully saturated rings. The molecule has 0 spiro atoms. The Labute approximate surface area is 128 Å². The number of ether oxygens (including phenoxy) is 1. The van der Waals surface area contributed by atoms with E-state index in [0.29, 0.717) is 12.0 Å². The Balaban J connectivity index is 2.28. The second-order valence-corrected chi connectivity index (χ2v) is 9.03. The molecule has 0 aliphatic carbocycles. The summed E-state index contributed by atoms with van der Waals surface area (Å²) in [6.45, 7) is 8.82. The van der Waals surface area contributed by atoms with Crippen LogP contribution in [-0.2, 0) is 4.74 Å². The first-order valence-corrected chi connectivity index (χ1v) is 8.32. The summed E-state index contributed by atoms with van der Waals surface area (Å²) in [5.74, 6) is 0.503. The van der Waals surface area contributed by atoms with Gasteiger partial charge < -0.3 is 10.1 Å². The van der Waals surface area contributed by atoms with Gasteiger partial charge in [0.25, 0.3) is 0 Å². The SMILES string of the molecule is CNC(c1csc(I)c1)C1CC(C)(C)OC1(C)C. The predicted molar refractivity (Wildman–Crippen MR) is 86.2 cm³/mol. The molecule has 1 aliphatic heterocycles. The minimum Gasteiger partial charge on any atom is -0.369 e. The molecule has 1 aliphatic rings. The van der Waals surface area contributed by atoms with E-state index in [-0.39, 0.29) is 11.2 Å². The van der Waals surface area contributed by atoms with Crippen molar-refractivity contribution in [3.63, 3.8) is 0 Å². The fourth-order valence-electron chi connectivity index (χ4n) is 3.21. The van der Waals surface area contributed by atoms with Crippen LogP contribution >= 0.6 is 33.9 Å². The van der Waals surface area contributed by atoms with E-state index >= 15 is 0 Å². The van der Waals surface area contributed by atoms with E-state index in [0.717, 1.165) is 6.42 Å². The minimum absolute atomic E-state index is 0.0214. The van der Waals surface area contributed by atoms with Crippen LogP contribution < -0.4 is 5.32 Å². The largest absolute Gasteiger partial charge is 0.369 e. The van der Waals surface area contributed by atoms with Crippen LogP contribution in [0.15, 0.2) is 11.4 Å². The molecule has 0 aromatic carbocycles. The average molecular weight is 379 g/mol. The van der Waals surface area contributed by atoms with Gasteiger partial charge in [-0.25, -0.2) is 0 Å². The highest BCUT2D eigenvalue weighted by atomic mass is 127. The number of rotatable bonds is 3. The second-order valence-electron chi connectivity index (χ2n) is 6.23. The molecule has 18 heavy (non-hydrogen) atoms. The standard InChI is InChI=1S/C14H22INOS/c1-13(2)7-10(14(3,4)17-13)12(16-5)9-6-11(15)18-8-9/h6,8,10,12,16H,7H2,1-5H3. The molecule has 1 aromatic heterocycles. The van der Waals surface area contributed by atoms with Gasteiger partial charge in [0.2, 0.25) is 0 Å². The summed E-state index contributed by atoms with van der Waals surface area (Å²) in [5, 5.41) is 5.76. The smallest absolute Gasteiger partial charge is 0.0681 e. The van der Waals surface area contributed by atoms with Crippen molar-refractivity contribution in [3.05, 3.63) is 19.9 Å². The molecule has 1 N–H and O–H groups in total. The molecule has 4 heteroatoms. The van der Waals surface area contributed by atoms with E-state index in [1.165, 1.54) is 8.45 Å². The third-order valence-corrected chi connectivity index (χ3v) is 5.61. The first-order chi connectivity index (χ1) is 8.25. The van der Waals surface area contributed by atoms with Gasteiger partial charge in [0.1, 0.15) is 0 Å². The molecular weight excluding hydrogens is 357 g/mol. The number of hydrogen-bond donors (Lipinski definition) is 1. The van der Waals surface area contributed by atoms with E-state index in [1.54, 1.807) is 0 Å². The van der Waals surface area contributed by atoms with Crippen molar-refractivity contribution in [2.75, 3.05) is 7.05 Å². The monoisotopic (exact) mass is 379 g/mol. The van der Waals surface area contributed by atoms with Crippen molar-refractivity contribution in [3.8, 4) is 0 Å². The van der Waals surface area contributed by atoms with Gasteiger partial charge in [0.05, 0.1) is 14.1 Å². The fraction of sp³-hybridized carbons (Fsp3) is 0.714. The molecular formula is C14H22INOS. The molecule has 102 valence electrons. The van der Waals surface area contributed by atoms with Gasteiger partial charge in [0, 0.05) is 12.0 Å². The highest BCUT2D eigenvalue weighted by Gasteiger charge is 2.49. The molecule has 2 rings (SSSR count). The molecule has 0 bridgehead atoms. The summed E-state index contributed by atoms with van der Waals surface area (Å²) in [6.07, 6.45) is 1.10. The van der Waals surface area contributed by atoms with Crippen LogP contribution in [0.3, 0.4) is 0 Å². The van der Waals surface area contributed by atoms with Gasteiger partial charge in [-0.05, 0) is 80.8 Å². The number of hydrogen-bond acceptors (Lipinski definition) is 3. The van der Waals surface area contributed by atoms with E-state index in [2.05, 4.69) is 74.1 Å². The maximum Gasteiger partial charge on any atom is 0.0681 e. The lowest BCUT2D eigenvalue weighted by atomic mass is 9.79. The van der Waals surface area contributed by atoms with Crippen molar-refractivity contribution in [1.29, 1.82) is 0 Å². The van der Waals surface area contributed by atoms with Gasteiger partial charge in [-0.1, -0.05) is 0 Å². The van der Waals surface area contributed by atoms with Crippen molar-refractivity contribution in [1.82, 2.24) is 5.32 Å². The highest BCUT2D eigenvalue weighted by molar-refractivity contribution is 14.1. The lowest BCUT2D eigenvalue weighted by Gasteiger charge is -2.32. The van der Waals surface area contributed by atoms with Crippen LogP contribution in [0.25, 0.3) is 0 Å². The van der Waals surface area contributed by atoms with Gasteiger partial charge in [-0.15, -0.1) is 11.3 Å². The first kappa shape index (κ1) is 14.8. The molecule has 2 atom stereocenters. The van der Waals surface area contributed by atoms with Crippen LogP contribution in [0.1, 0.15) is 45.7 Å². The minimum atomic E-state index is -0.0788. The zero-order valence-corrected chi connectivity index (χ0v) is 14.7. The fourth-order valence-corrected chi connectivity index (χ4v) is 4.62. The third-order valence-electron chi connectivity index (χ3n) is 3.80. The van der Waals surface area contributed by atoms with E-state index in [1.807, 2.05) is 11.3 Å². The van der Waals surface area contributed by atoms with Crippen molar-refractivity contribution in [2.45, 2.75) is 51.4 Å². The van der Waals surface area contributed by atoms with Crippen LogP contribution in [0, 0.1) is 8.80 Å². The molecule has 0 saturated carbocycles. The van der Waals surface area contributed by atoms with Gasteiger partial charge in [-0.2, -0.15) is 0 Å². The maximum atomic E-state index is 6.22. The van der Waals surface area contributed by atoms with Crippen LogP contribution in [0.2, 0.25) is 0 Å². The molecule has 2 heterocycles. The molecule has 2 unspecified atom stereocenters. The zero-order chi connectivity index (χ0) is 13.6. The number of nitrogens with one attached hydrogen (secondary N) is 1. The highest BCUT2D eigenvalue weighted by Crippen LogP contribution is 2.48. The van der Waals surface area contributed by atoms with E-state index in [4.69, 9.17) is 4.74 Å². The molecule has 1 saturated heterocycles. The Morgan fingerprint density at radius 3 is 2.50 bits per heavy atom. The van der Waals surface area contributed by atoms with E-state index in [9.17, 15) is 0 Å². The van der Waals surface area contributed by atoms with Gasteiger partial charge >= 0.3 is 0 Å². The third kappa shape index (κ3) is 2.92. The molecule has 0 radical (unpaired) electrons. The van der Waals surface area contributed by atoms with Crippen LogP contribution in [0.4, 0.5) is 0 Å². The molecule has 1 aromatic rings. The summed E-state index contributed by atoms with van der Waals surface area (Å²) >= 11 is 4.20. The van der Waals surface area contributed by atoms with Crippen LogP contribution in [-0.4, -0.2) is 18.2 Å².